The molecule has 1 amide bonds. The standard InChI is InChI=1S/C29H25N3O8S/c1-4-37-21(33)13-31-18-9-7-6-8-17(18)23(26(31)34)25-27(35)32-24(16-10-11-19-20(12-16)40-14-39-19)22(28(36)38-5-2)15(3)30-29(32)41-25/h6-12,24H,4-5,13-14H2,1-3H3/b25-23+/t24-/m1/s1. The van der Waals surface area contributed by atoms with Gasteiger partial charge < -0.3 is 18.9 Å². The van der Waals surface area contributed by atoms with E-state index in [1.807, 2.05) is 0 Å². The van der Waals surface area contributed by atoms with Crippen LogP contribution in [0, 0.1) is 0 Å². The highest BCUT2D eigenvalue weighted by Gasteiger charge is 2.38. The number of thiazole rings is 1. The predicted octanol–water partition coefficient (Wildman–Crippen LogP) is 1.81. The maximum absolute atomic E-state index is 14.2. The lowest BCUT2D eigenvalue weighted by molar-refractivity contribution is -0.142. The number of anilines is 1. The first-order valence-electron chi connectivity index (χ1n) is 13.0. The SMILES string of the molecule is CCOC(=O)CN1C(=O)/C(=c2/sc3n(c2=O)[C@H](c2ccc4c(c2)OCO4)C(C(=O)OCC)=C(C)N=3)c2ccccc21. The highest BCUT2D eigenvalue weighted by molar-refractivity contribution is 7.07. The van der Waals surface area contributed by atoms with Crippen molar-refractivity contribution in [3.05, 3.63) is 84.5 Å². The number of hydrogen-bond acceptors (Lipinski definition) is 10. The number of esters is 2. The maximum Gasteiger partial charge on any atom is 0.338 e. The van der Waals surface area contributed by atoms with Gasteiger partial charge in [0.25, 0.3) is 11.5 Å². The monoisotopic (exact) mass is 575 g/mol. The first kappa shape index (κ1) is 26.5. The molecule has 4 heterocycles. The minimum absolute atomic E-state index is 0.0638. The summed E-state index contributed by atoms with van der Waals surface area (Å²) in [5, 5.41) is 0. The molecule has 3 aliphatic heterocycles. The molecule has 0 fully saturated rings. The lowest BCUT2D eigenvalue weighted by atomic mass is 9.95. The molecular weight excluding hydrogens is 550 g/mol. The van der Waals surface area contributed by atoms with Gasteiger partial charge in [0.15, 0.2) is 16.3 Å². The molecule has 0 N–H and O–H groups in total. The van der Waals surface area contributed by atoms with Crippen LogP contribution >= 0.6 is 11.3 Å². The van der Waals surface area contributed by atoms with Gasteiger partial charge in [-0.05, 0) is 44.5 Å². The number of amides is 1. The highest BCUT2D eigenvalue weighted by Crippen LogP contribution is 2.39. The van der Waals surface area contributed by atoms with Crippen molar-refractivity contribution in [2.75, 3.05) is 31.5 Å². The Morgan fingerprint density at radius 3 is 2.59 bits per heavy atom. The van der Waals surface area contributed by atoms with Crippen molar-refractivity contribution in [1.29, 1.82) is 0 Å². The van der Waals surface area contributed by atoms with E-state index in [1.165, 1.54) is 9.47 Å². The maximum atomic E-state index is 14.2. The fraction of sp³-hybridized carbons (Fsp3) is 0.276. The number of allylic oxidation sites excluding steroid dienone is 1. The number of carbonyl (C=O) groups excluding carboxylic acids is 3. The Bertz CT molecular complexity index is 1840. The summed E-state index contributed by atoms with van der Waals surface area (Å²) in [6.07, 6.45) is 0. The molecular formula is C29H25N3O8S. The number of rotatable bonds is 6. The van der Waals surface area contributed by atoms with E-state index in [9.17, 15) is 19.2 Å². The number of ether oxygens (including phenoxy) is 4. The summed E-state index contributed by atoms with van der Waals surface area (Å²) in [4.78, 5) is 59.8. The van der Waals surface area contributed by atoms with Gasteiger partial charge in [0.05, 0.1) is 41.8 Å². The lowest BCUT2D eigenvalue weighted by Crippen LogP contribution is -2.41. The largest absolute Gasteiger partial charge is 0.465 e. The van der Waals surface area contributed by atoms with Crippen LogP contribution in [-0.4, -0.2) is 49.0 Å². The van der Waals surface area contributed by atoms with Crippen LogP contribution in [0.2, 0.25) is 0 Å². The van der Waals surface area contributed by atoms with Crippen molar-refractivity contribution in [2.45, 2.75) is 26.8 Å². The molecule has 41 heavy (non-hydrogen) atoms. The van der Waals surface area contributed by atoms with Crippen LogP contribution in [0.5, 0.6) is 11.5 Å². The highest BCUT2D eigenvalue weighted by atomic mass is 32.1. The van der Waals surface area contributed by atoms with Crippen LogP contribution in [0.4, 0.5) is 5.69 Å². The smallest absolute Gasteiger partial charge is 0.338 e. The third-order valence-electron chi connectivity index (χ3n) is 6.95. The van der Waals surface area contributed by atoms with Crippen molar-refractivity contribution >= 4 is 40.4 Å². The third kappa shape index (κ3) is 4.31. The predicted molar refractivity (Wildman–Crippen MR) is 147 cm³/mol. The van der Waals surface area contributed by atoms with Crippen molar-refractivity contribution in [2.24, 2.45) is 4.99 Å². The molecule has 210 valence electrons. The fourth-order valence-corrected chi connectivity index (χ4v) is 6.37. The minimum Gasteiger partial charge on any atom is -0.465 e. The van der Waals surface area contributed by atoms with E-state index in [0.717, 1.165) is 11.3 Å². The molecule has 3 aliphatic rings. The van der Waals surface area contributed by atoms with Gasteiger partial charge in [0.2, 0.25) is 6.79 Å². The zero-order valence-corrected chi connectivity index (χ0v) is 23.3. The minimum atomic E-state index is -0.892. The Morgan fingerprint density at radius 2 is 1.80 bits per heavy atom. The summed E-state index contributed by atoms with van der Waals surface area (Å²) in [7, 11) is 0. The van der Waals surface area contributed by atoms with Crippen LogP contribution in [0.1, 0.15) is 37.9 Å². The Kier molecular flexibility index (Phi) is 6.70. The van der Waals surface area contributed by atoms with Gasteiger partial charge >= 0.3 is 11.9 Å². The molecule has 11 nitrogen and oxygen atoms in total. The van der Waals surface area contributed by atoms with E-state index in [4.69, 9.17) is 18.9 Å². The van der Waals surface area contributed by atoms with Gasteiger partial charge in [-0.3, -0.25) is 23.9 Å². The van der Waals surface area contributed by atoms with Crippen molar-refractivity contribution < 1.29 is 33.3 Å². The molecule has 0 spiro atoms. The molecule has 1 aromatic heterocycles. The van der Waals surface area contributed by atoms with Gasteiger partial charge in [-0.1, -0.05) is 35.6 Å². The number of carbonyl (C=O) groups is 3. The Labute approximate surface area is 237 Å². The molecule has 1 atom stereocenters. The zero-order valence-electron chi connectivity index (χ0n) is 22.5. The summed E-state index contributed by atoms with van der Waals surface area (Å²) in [6.45, 7) is 5.16. The number of benzene rings is 2. The van der Waals surface area contributed by atoms with Crippen LogP contribution in [0.25, 0.3) is 5.57 Å². The molecule has 6 rings (SSSR count). The summed E-state index contributed by atoms with van der Waals surface area (Å²) in [5.74, 6) is -0.616. The second kappa shape index (κ2) is 10.4. The summed E-state index contributed by atoms with van der Waals surface area (Å²) in [5.41, 5.74) is 1.88. The Morgan fingerprint density at radius 1 is 1.05 bits per heavy atom. The van der Waals surface area contributed by atoms with Gasteiger partial charge in [0.1, 0.15) is 11.1 Å². The number of para-hydroxylation sites is 1. The molecule has 0 radical (unpaired) electrons. The second-order valence-corrected chi connectivity index (χ2v) is 10.3. The number of hydrogen-bond donors (Lipinski definition) is 0. The van der Waals surface area contributed by atoms with Crippen LogP contribution < -0.4 is 29.3 Å². The van der Waals surface area contributed by atoms with Crippen molar-refractivity contribution in [1.82, 2.24) is 4.57 Å². The topological polar surface area (TPSA) is 126 Å². The summed E-state index contributed by atoms with van der Waals surface area (Å²) in [6, 6.07) is 11.3. The number of aromatic nitrogens is 1. The molecule has 0 bridgehead atoms. The zero-order chi connectivity index (χ0) is 28.8. The average molecular weight is 576 g/mol. The number of fused-ring (bicyclic) bond motifs is 3. The Balaban J connectivity index is 1.58. The van der Waals surface area contributed by atoms with Crippen molar-refractivity contribution in [3.8, 4) is 11.5 Å². The van der Waals surface area contributed by atoms with Crippen LogP contribution in [-0.2, 0) is 23.9 Å². The van der Waals surface area contributed by atoms with E-state index in [-0.39, 0.29) is 42.2 Å². The van der Waals surface area contributed by atoms with Crippen LogP contribution in [0.3, 0.4) is 0 Å². The lowest BCUT2D eigenvalue weighted by Gasteiger charge is -2.24. The van der Waals surface area contributed by atoms with Gasteiger partial charge in [-0.25, -0.2) is 9.79 Å². The molecule has 0 unspecified atom stereocenters. The van der Waals surface area contributed by atoms with Crippen LogP contribution in [0.15, 0.2) is 63.5 Å². The van der Waals surface area contributed by atoms with E-state index < -0.39 is 29.4 Å². The van der Waals surface area contributed by atoms with Gasteiger partial charge in [-0.15, -0.1) is 0 Å². The molecule has 12 heteroatoms. The normalized spacial score (nSPS) is 18.2. The third-order valence-corrected chi connectivity index (χ3v) is 8.00. The van der Waals surface area contributed by atoms with Gasteiger partial charge in [-0.2, -0.15) is 0 Å². The summed E-state index contributed by atoms with van der Waals surface area (Å²) >= 11 is 1.05. The molecule has 0 aliphatic carbocycles. The van der Waals surface area contributed by atoms with E-state index >= 15 is 0 Å². The number of nitrogens with zero attached hydrogens (tertiary/aromatic N) is 3. The van der Waals surface area contributed by atoms with E-state index in [2.05, 4.69) is 4.99 Å². The first-order chi connectivity index (χ1) is 19.8. The van der Waals surface area contributed by atoms with Gasteiger partial charge in [0, 0.05) is 5.56 Å². The fourth-order valence-electron chi connectivity index (χ4n) is 5.23. The molecule has 0 saturated carbocycles. The Hall–Kier alpha value is -4.71. The average Bonchev–Trinajstić information content (AvgIpc) is 3.62. The molecule has 0 saturated heterocycles. The molecule has 3 aromatic rings. The molecule has 2 aromatic carbocycles. The van der Waals surface area contributed by atoms with E-state index in [0.29, 0.717) is 38.8 Å². The van der Waals surface area contributed by atoms with E-state index in [1.54, 1.807) is 63.2 Å². The second-order valence-electron chi connectivity index (χ2n) is 9.32. The summed E-state index contributed by atoms with van der Waals surface area (Å²) < 4.78 is 23.0. The quantitative estimate of drug-likeness (QED) is 0.408. The van der Waals surface area contributed by atoms with Crippen molar-refractivity contribution in [3.63, 3.8) is 0 Å². The first-order valence-corrected chi connectivity index (χ1v) is 13.8.